The van der Waals surface area contributed by atoms with Gasteiger partial charge in [0.1, 0.15) is 4.75 Å². The Bertz CT molecular complexity index is 298. The number of carbonyl (C=O) groups excluding carboxylic acids is 1. The highest BCUT2D eigenvalue weighted by atomic mass is 32.2. The van der Waals surface area contributed by atoms with E-state index in [1.54, 1.807) is 0 Å². The highest BCUT2D eigenvalue weighted by Gasteiger charge is 2.60. The average Bonchev–Trinajstić information content (AvgIpc) is 2.63. The number of ketones is 1. The molecule has 0 bridgehead atoms. The van der Waals surface area contributed by atoms with E-state index in [0.717, 1.165) is 0 Å². The zero-order chi connectivity index (χ0) is 8.11. The topological polar surface area (TPSA) is 51.2 Å². The maximum Gasteiger partial charge on any atom is 0.163 e. The molecule has 1 aliphatic carbocycles. The van der Waals surface area contributed by atoms with Crippen molar-refractivity contribution < 1.29 is 13.2 Å². The van der Waals surface area contributed by atoms with E-state index in [0.29, 0.717) is 25.7 Å². The van der Waals surface area contributed by atoms with Crippen LogP contribution in [0.2, 0.25) is 0 Å². The molecule has 1 saturated carbocycles. The second-order valence-electron chi connectivity index (χ2n) is 3.34. The lowest BCUT2D eigenvalue weighted by molar-refractivity contribution is -0.119. The monoisotopic (exact) mass is 174 g/mol. The van der Waals surface area contributed by atoms with Gasteiger partial charge in [-0.25, -0.2) is 8.42 Å². The minimum absolute atomic E-state index is 0.0382. The van der Waals surface area contributed by atoms with Gasteiger partial charge in [0.25, 0.3) is 0 Å². The molecule has 0 aromatic rings. The summed E-state index contributed by atoms with van der Waals surface area (Å²) in [6.45, 7) is 0. The number of Topliss-reactive ketones (excluding diaryl/α,β-unsaturated/α-hetero) is 1. The fourth-order valence-corrected chi connectivity index (χ4v) is 3.81. The highest BCUT2D eigenvalue weighted by Crippen LogP contribution is 2.48. The van der Waals surface area contributed by atoms with Gasteiger partial charge in [-0.15, -0.1) is 0 Å². The Kier molecular flexibility index (Phi) is 1.23. The number of rotatable bonds is 0. The molecule has 2 aliphatic rings. The van der Waals surface area contributed by atoms with Gasteiger partial charge in [-0.1, -0.05) is 0 Å². The normalized spacial score (nSPS) is 32.2. The third kappa shape index (κ3) is 0.788. The van der Waals surface area contributed by atoms with Crippen LogP contribution in [0.15, 0.2) is 0 Å². The third-order valence-electron chi connectivity index (χ3n) is 2.62. The number of carbonyl (C=O) groups is 1. The molecular formula is C7H10O3S. The summed E-state index contributed by atoms with van der Waals surface area (Å²) < 4.78 is 21.8. The van der Waals surface area contributed by atoms with Crippen molar-refractivity contribution in [3.05, 3.63) is 0 Å². The SMILES string of the molecule is O=C1CCCS(=O)(=O)C12CC2. The smallest absolute Gasteiger partial charge is 0.163 e. The Labute approximate surface area is 65.7 Å². The van der Waals surface area contributed by atoms with E-state index in [1.165, 1.54) is 0 Å². The molecule has 0 amide bonds. The molecule has 0 unspecified atom stereocenters. The van der Waals surface area contributed by atoms with E-state index in [4.69, 9.17) is 0 Å². The summed E-state index contributed by atoms with van der Waals surface area (Å²) in [6.07, 6.45) is 2.16. The lowest BCUT2D eigenvalue weighted by Crippen LogP contribution is -2.38. The quantitative estimate of drug-likeness (QED) is 0.530. The summed E-state index contributed by atoms with van der Waals surface area (Å²) >= 11 is 0. The van der Waals surface area contributed by atoms with Crippen LogP contribution in [0.4, 0.5) is 0 Å². The molecule has 0 radical (unpaired) electrons. The second-order valence-corrected chi connectivity index (χ2v) is 5.76. The molecule has 2 rings (SSSR count). The first-order valence-corrected chi connectivity index (χ1v) is 5.49. The number of hydrogen-bond acceptors (Lipinski definition) is 3. The number of sulfone groups is 1. The maximum atomic E-state index is 11.4. The highest BCUT2D eigenvalue weighted by molar-refractivity contribution is 7.94. The minimum Gasteiger partial charge on any atom is -0.298 e. The molecule has 1 heterocycles. The Hall–Kier alpha value is -0.380. The van der Waals surface area contributed by atoms with Gasteiger partial charge in [0, 0.05) is 6.42 Å². The molecule has 4 heteroatoms. The van der Waals surface area contributed by atoms with E-state index in [-0.39, 0.29) is 11.5 Å². The van der Waals surface area contributed by atoms with Crippen LogP contribution in [0.3, 0.4) is 0 Å². The minimum atomic E-state index is -3.05. The molecular weight excluding hydrogens is 164 g/mol. The van der Waals surface area contributed by atoms with Crippen LogP contribution >= 0.6 is 0 Å². The molecule has 0 aromatic carbocycles. The molecule has 1 spiro atoms. The van der Waals surface area contributed by atoms with Crippen molar-refractivity contribution in [2.24, 2.45) is 0 Å². The predicted molar refractivity (Wildman–Crippen MR) is 40.0 cm³/mol. The Morgan fingerprint density at radius 1 is 1.27 bits per heavy atom. The Balaban J connectivity index is 2.44. The third-order valence-corrected chi connectivity index (χ3v) is 5.28. The zero-order valence-electron chi connectivity index (χ0n) is 6.17. The fraction of sp³-hybridized carbons (Fsp3) is 0.857. The van der Waals surface area contributed by atoms with Crippen molar-refractivity contribution in [3.63, 3.8) is 0 Å². The van der Waals surface area contributed by atoms with Crippen LogP contribution in [-0.2, 0) is 14.6 Å². The van der Waals surface area contributed by atoms with Gasteiger partial charge >= 0.3 is 0 Å². The van der Waals surface area contributed by atoms with Crippen molar-refractivity contribution in [2.75, 3.05) is 5.75 Å². The average molecular weight is 174 g/mol. The zero-order valence-corrected chi connectivity index (χ0v) is 6.99. The summed E-state index contributed by atoms with van der Waals surface area (Å²) in [5.74, 6) is 0.183. The molecule has 0 N–H and O–H groups in total. The van der Waals surface area contributed by atoms with Crippen molar-refractivity contribution in [3.8, 4) is 0 Å². The van der Waals surface area contributed by atoms with E-state index >= 15 is 0 Å². The first-order valence-electron chi connectivity index (χ1n) is 3.84. The molecule has 11 heavy (non-hydrogen) atoms. The molecule has 1 saturated heterocycles. The van der Waals surface area contributed by atoms with Gasteiger partial charge in [0.2, 0.25) is 0 Å². The first kappa shape index (κ1) is 7.28. The largest absolute Gasteiger partial charge is 0.298 e. The second kappa shape index (κ2) is 1.86. The van der Waals surface area contributed by atoms with Gasteiger partial charge in [0.05, 0.1) is 5.75 Å². The van der Waals surface area contributed by atoms with Crippen molar-refractivity contribution in [2.45, 2.75) is 30.4 Å². The van der Waals surface area contributed by atoms with E-state index in [9.17, 15) is 13.2 Å². The van der Waals surface area contributed by atoms with Crippen LogP contribution in [-0.4, -0.2) is 24.7 Å². The van der Waals surface area contributed by atoms with Gasteiger partial charge in [-0.05, 0) is 19.3 Å². The van der Waals surface area contributed by atoms with E-state index in [1.807, 2.05) is 0 Å². The van der Waals surface area contributed by atoms with Crippen molar-refractivity contribution >= 4 is 15.6 Å². The summed E-state index contributed by atoms with van der Waals surface area (Å²) in [7, 11) is -3.05. The predicted octanol–water partition coefficient (Wildman–Crippen LogP) is 0.297. The number of hydrogen-bond donors (Lipinski definition) is 0. The standard InChI is InChI=1S/C7H10O3S/c8-6-2-1-5-11(9,10)7(6)3-4-7/h1-5H2. The maximum absolute atomic E-state index is 11.4. The molecule has 0 aromatic heterocycles. The van der Waals surface area contributed by atoms with E-state index in [2.05, 4.69) is 0 Å². The summed E-state index contributed by atoms with van der Waals surface area (Å²) in [5, 5.41) is 0. The van der Waals surface area contributed by atoms with Gasteiger partial charge < -0.3 is 0 Å². The molecule has 0 atom stereocenters. The van der Waals surface area contributed by atoms with Crippen LogP contribution < -0.4 is 0 Å². The summed E-state index contributed by atoms with van der Waals surface area (Å²) in [6, 6.07) is 0. The van der Waals surface area contributed by atoms with Crippen molar-refractivity contribution in [1.82, 2.24) is 0 Å². The van der Waals surface area contributed by atoms with Gasteiger partial charge in [-0.3, -0.25) is 4.79 Å². The summed E-state index contributed by atoms with van der Waals surface area (Å²) in [5.41, 5.74) is 0. The Morgan fingerprint density at radius 3 is 2.27 bits per heavy atom. The fourth-order valence-electron chi connectivity index (χ4n) is 1.72. The van der Waals surface area contributed by atoms with Crippen LogP contribution in [0.5, 0.6) is 0 Å². The summed E-state index contributed by atoms with van der Waals surface area (Å²) in [4.78, 5) is 11.2. The molecule has 3 nitrogen and oxygen atoms in total. The van der Waals surface area contributed by atoms with Gasteiger partial charge in [-0.2, -0.15) is 0 Å². The van der Waals surface area contributed by atoms with Crippen LogP contribution in [0.1, 0.15) is 25.7 Å². The first-order chi connectivity index (χ1) is 5.08. The lowest BCUT2D eigenvalue weighted by atomic mass is 10.1. The molecule has 2 fully saturated rings. The molecule has 1 aliphatic heterocycles. The van der Waals surface area contributed by atoms with Crippen LogP contribution in [0.25, 0.3) is 0 Å². The Morgan fingerprint density at radius 2 is 1.91 bits per heavy atom. The van der Waals surface area contributed by atoms with Crippen LogP contribution in [0, 0.1) is 0 Å². The van der Waals surface area contributed by atoms with E-state index < -0.39 is 14.6 Å². The lowest BCUT2D eigenvalue weighted by Gasteiger charge is -2.19. The molecule has 62 valence electrons. The van der Waals surface area contributed by atoms with Gasteiger partial charge in [0.15, 0.2) is 15.6 Å². The van der Waals surface area contributed by atoms with Crippen molar-refractivity contribution in [1.29, 1.82) is 0 Å².